The van der Waals surface area contributed by atoms with E-state index in [9.17, 15) is 4.39 Å². The van der Waals surface area contributed by atoms with Crippen LogP contribution in [-0.2, 0) is 0 Å². The van der Waals surface area contributed by atoms with E-state index < -0.39 is 5.50 Å². The van der Waals surface area contributed by atoms with Gasteiger partial charge in [-0.1, -0.05) is 20.3 Å². The Morgan fingerprint density at radius 1 is 1.36 bits per heavy atom. The fraction of sp³-hybridized carbons (Fsp3) is 0.556. The minimum atomic E-state index is -0.942. The van der Waals surface area contributed by atoms with Crippen LogP contribution in [0.3, 0.4) is 0 Å². The molecular weight excluding hydrogens is 219 g/mol. The SMILES string of the molecule is CC(F)Sc1ncccn1.CCC.S. The molecular formula is C9H17FN2S2. The van der Waals surface area contributed by atoms with Crippen LogP contribution in [0.5, 0.6) is 0 Å². The minimum Gasteiger partial charge on any atom is -0.235 e. The summed E-state index contributed by atoms with van der Waals surface area (Å²) in [5, 5.41) is 0.484. The number of aromatic nitrogens is 2. The Labute approximate surface area is 96.2 Å². The molecule has 1 aromatic heterocycles. The van der Waals surface area contributed by atoms with Crippen LogP contribution in [0, 0.1) is 0 Å². The second kappa shape index (κ2) is 10.8. The van der Waals surface area contributed by atoms with E-state index in [0.29, 0.717) is 5.16 Å². The summed E-state index contributed by atoms with van der Waals surface area (Å²) in [7, 11) is 0. The Kier molecular flexibility index (Phi) is 12.4. The molecule has 14 heavy (non-hydrogen) atoms. The van der Waals surface area contributed by atoms with E-state index in [1.54, 1.807) is 18.5 Å². The van der Waals surface area contributed by atoms with Gasteiger partial charge >= 0.3 is 0 Å². The van der Waals surface area contributed by atoms with Crippen molar-refractivity contribution in [1.82, 2.24) is 9.97 Å². The first-order chi connectivity index (χ1) is 6.20. The molecule has 5 heteroatoms. The third-order valence-corrected chi connectivity index (χ3v) is 1.56. The van der Waals surface area contributed by atoms with Gasteiger partial charge in [-0.05, 0) is 24.8 Å². The highest BCUT2D eigenvalue weighted by Crippen LogP contribution is 2.18. The van der Waals surface area contributed by atoms with E-state index in [1.807, 2.05) is 0 Å². The van der Waals surface area contributed by atoms with Crippen LogP contribution in [0.1, 0.15) is 27.2 Å². The third kappa shape index (κ3) is 9.80. The molecule has 0 aliphatic rings. The third-order valence-electron chi connectivity index (χ3n) is 0.810. The number of halogens is 1. The van der Waals surface area contributed by atoms with Crippen molar-refractivity contribution in [3.05, 3.63) is 18.5 Å². The van der Waals surface area contributed by atoms with Crippen LogP contribution in [0.15, 0.2) is 23.6 Å². The van der Waals surface area contributed by atoms with Gasteiger partial charge in [0.05, 0.1) is 0 Å². The highest BCUT2D eigenvalue weighted by atomic mass is 32.2. The lowest BCUT2D eigenvalue weighted by molar-refractivity contribution is 0.482. The summed E-state index contributed by atoms with van der Waals surface area (Å²) < 4.78 is 12.3. The Morgan fingerprint density at radius 2 is 1.79 bits per heavy atom. The maximum atomic E-state index is 12.3. The second-order valence-corrected chi connectivity index (χ2v) is 3.65. The number of thioether (sulfide) groups is 1. The van der Waals surface area contributed by atoms with E-state index in [4.69, 9.17) is 0 Å². The molecule has 82 valence electrons. The van der Waals surface area contributed by atoms with Gasteiger partial charge in [0, 0.05) is 12.4 Å². The molecule has 2 nitrogen and oxygen atoms in total. The highest BCUT2D eigenvalue weighted by molar-refractivity contribution is 7.99. The van der Waals surface area contributed by atoms with Gasteiger partial charge in [-0.2, -0.15) is 13.5 Å². The molecule has 0 aliphatic carbocycles. The molecule has 1 heterocycles. The normalized spacial score (nSPS) is 10.6. The van der Waals surface area contributed by atoms with Gasteiger partial charge in [-0.3, -0.25) is 0 Å². The maximum absolute atomic E-state index is 12.3. The first kappa shape index (κ1) is 16.2. The fourth-order valence-corrected chi connectivity index (χ4v) is 1.03. The smallest absolute Gasteiger partial charge is 0.190 e. The van der Waals surface area contributed by atoms with Crippen molar-refractivity contribution in [3.8, 4) is 0 Å². The van der Waals surface area contributed by atoms with Crippen molar-refractivity contribution in [2.75, 3.05) is 0 Å². The van der Waals surface area contributed by atoms with Crippen molar-refractivity contribution in [2.45, 2.75) is 37.9 Å². The summed E-state index contributed by atoms with van der Waals surface area (Å²) in [6.45, 7) is 5.71. The molecule has 0 aromatic carbocycles. The van der Waals surface area contributed by atoms with E-state index in [1.165, 1.54) is 13.3 Å². The van der Waals surface area contributed by atoms with Crippen molar-refractivity contribution < 1.29 is 4.39 Å². The summed E-state index contributed by atoms with van der Waals surface area (Å²) in [5.41, 5.74) is -0.942. The fourth-order valence-electron chi connectivity index (χ4n) is 0.492. The highest BCUT2D eigenvalue weighted by Gasteiger charge is 2.01. The Balaban J connectivity index is 0. The molecule has 0 saturated heterocycles. The predicted molar refractivity (Wildman–Crippen MR) is 64.8 cm³/mol. The van der Waals surface area contributed by atoms with Gasteiger partial charge in [-0.15, -0.1) is 0 Å². The van der Waals surface area contributed by atoms with Gasteiger partial charge in [0.2, 0.25) is 0 Å². The van der Waals surface area contributed by atoms with E-state index in [2.05, 4.69) is 23.8 Å². The lowest BCUT2D eigenvalue weighted by Gasteiger charge is -1.96. The average Bonchev–Trinajstić information content (AvgIpc) is 2.06. The second-order valence-electron chi connectivity index (χ2n) is 2.40. The van der Waals surface area contributed by atoms with Crippen molar-refractivity contribution >= 4 is 25.3 Å². The minimum absolute atomic E-state index is 0. The molecule has 0 spiro atoms. The summed E-state index contributed by atoms with van der Waals surface area (Å²) in [6, 6.07) is 1.70. The van der Waals surface area contributed by atoms with Crippen LogP contribution in [0.2, 0.25) is 0 Å². The van der Waals surface area contributed by atoms with E-state index >= 15 is 0 Å². The number of alkyl halides is 1. The predicted octanol–water partition coefficient (Wildman–Crippen LogP) is 3.41. The lowest BCUT2D eigenvalue weighted by atomic mass is 10.6. The first-order valence-electron chi connectivity index (χ1n) is 4.28. The summed E-state index contributed by atoms with van der Waals surface area (Å²) in [4.78, 5) is 7.66. The van der Waals surface area contributed by atoms with Gasteiger partial charge < -0.3 is 0 Å². The Morgan fingerprint density at radius 3 is 2.14 bits per heavy atom. The Bertz CT molecular complexity index is 207. The van der Waals surface area contributed by atoms with Crippen molar-refractivity contribution in [1.29, 1.82) is 0 Å². The zero-order valence-corrected chi connectivity index (χ0v) is 10.5. The zero-order chi connectivity index (χ0) is 10.1. The standard InChI is InChI=1S/C6H7FN2S.C3H8.H2S/c1-5(7)10-6-8-3-2-4-9-6;1-3-2;/h2-5H,1H3;3H2,1-2H3;1H2. The molecule has 0 bridgehead atoms. The molecule has 0 saturated carbocycles. The number of hydrogen-bond donors (Lipinski definition) is 0. The van der Waals surface area contributed by atoms with Crippen molar-refractivity contribution in [2.24, 2.45) is 0 Å². The lowest BCUT2D eigenvalue weighted by Crippen LogP contribution is -1.88. The molecule has 1 aromatic rings. The topological polar surface area (TPSA) is 25.8 Å². The largest absolute Gasteiger partial charge is 0.235 e. The van der Waals surface area contributed by atoms with Crippen LogP contribution in [0.25, 0.3) is 0 Å². The summed E-state index contributed by atoms with van der Waals surface area (Å²) in [5.74, 6) is 0. The molecule has 0 amide bonds. The van der Waals surface area contributed by atoms with E-state index in [0.717, 1.165) is 11.8 Å². The number of rotatable bonds is 2. The molecule has 0 fully saturated rings. The first-order valence-corrected chi connectivity index (χ1v) is 5.16. The van der Waals surface area contributed by atoms with Crippen molar-refractivity contribution in [3.63, 3.8) is 0 Å². The van der Waals surface area contributed by atoms with E-state index in [-0.39, 0.29) is 13.5 Å². The quantitative estimate of drug-likeness (QED) is 0.581. The van der Waals surface area contributed by atoms with Gasteiger partial charge in [0.25, 0.3) is 0 Å². The van der Waals surface area contributed by atoms with Crippen LogP contribution < -0.4 is 0 Å². The van der Waals surface area contributed by atoms with Crippen LogP contribution >= 0.6 is 25.3 Å². The van der Waals surface area contributed by atoms with Gasteiger partial charge in [0.15, 0.2) is 5.16 Å². The molecule has 1 rings (SSSR count). The number of hydrogen-bond acceptors (Lipinski definition) is 3. The van der Waals surface area contributed by atoms with Crippen LogP contribution in [-0.4, -0.2) is 15.5 Å². The molecule has 1 atom stereocenters. The van der Waals surface area contributed by atoms with Crippen LogP contribution in [0.4, 0.5) is 4.39 Å². The monoisotopic (exact) mass is 236 g/mol. The number of nitrogens with zero attached hydrogens (tertiary/aromatic N) is 2. The molecule has 0 radical (unpaired) electrons. The Hall–Kier alpha value is -0.290. The average molecular weight is 236 g/mol. The van der Waals surface area contributed by atoms with Gasteiger partial charge in [0.1, 0.15) is 5.50 Å². The summed E-state index contributed by atoms with van der Waals surface area (Å²) in [6.07, 6.45) is 4.44. The summed E-state index contributed by atoms with van der Waals surface area (Å²) >= 11 is 1.01. The maximum Gasteiger partial charge on any atom is 0.190 e. The molecule has 0 aliphatic heterocycles. The molecule has 1 unspecified atom stereocenters. The molecule has 0 N–H and O–H groups in total. The van der Waals surface area contributed by atoms with Gasteiger partial charge in [-0.25, -0.2) is 14.4 Å². The zero-order valence-electron chi connectivity index (χ0n) is 8.70.